The van der Waals surface area contributed by atoms with Gasteiger partial charge in [0.1, 0.15) is 10.6 Å². The highest BCUT2D eigenvalue weighted by Crippen LogP contribution is 2.25. The Labute approximate surface area is 174 Å². The molecule has 152 valence electrons. The fourth-order valence-corrected chi connectivity index (χ4v) is 4.42. The second-order valence-corrected chi connectivity index (χ2v) is 7.79. The third-order valence-corrected chi connectivity index (χ3v) is 6.08. The molecule has 0 spiro atoms. The van der Waals surface area contributed by atoms with Gasteiger partial charge in [-0.15, -0.1) is 11.3 Å². The van der Waals surface area contributed by atoms with E-state index in [1.165, 1.54) is 11.3 Å². The minimum atomic E-state index is -0.0459. The summed E-state index contributed by atoms with van der Waals surface area (Å²) in [5, 5.41) is 5.11. The highest BCUT2D eigenvalue weighted by molar-refractivity contribution is 7.12. The Kier molecular flexibility index (Phi) is 6.29. The highest BCUT2D eigenvalue weighted by atomic mass is 32.1. The maximum Gasteiger partial charge on any atom is 0.263 e. The van der Waals surface area contributed by atoms with Crippen LogP contribution in [0.25, 0.3) is 5.69 Å². The van der Waals surface area contributed by atoms with Crippen molar-refractivity contribution in [3.05, 3.63) is 70.7 Å². The molecule has 6 nitrogen and oxygen atoms in total. The lowest BCUT2D eigenvalue weighted by Crippen LogP contribution is -2.43. The lowest BCUT2D eigenvalue weighted by atomic mass is 10.0. The van der Waals surface area contributed by atoms with Crippen LogP contribution in [-0.2, 0) is 4.74 Å². The molecule has 1 atom stereocenters. The Morgan fingerprint density at radius 1 is 1.17 bits per heavy atom. The van der Waals surface area contributed by atoms with E-state index in [1.807, 2.05) is 52.7 Å². The molecule has 3 aromatic rings. The number of hydrogen-bond donors (Lipinski definition) is 1. The molecule has 0 bridgehead atoms. The van der Waals surface area contributed by atoms with E-state index < -0.39 is 0 Å². The summed E-state index contributed by atoms with van der Waals surface area (Å²) >= 11 is 1.46. The molecule has 7 heteroatoms. The summed E-state index contributed by atoms with van der Waals surface area (Å²) in [6.07, 6.45) is 3.90. The molecular formula is C22H25N3O3S. The maximum atomic E-state index is 13.0. The molecule has 1 N–H and O–H groups in total. The first-order valence-electron chi connectivity index (χ1n) is 9.71. The number of nitrogens with zero attached hydrogens (tertiary/aromatic N) is 2. The molecule has 1 aliphatic heterocycles. The van der Waals surface area contributed by atoms with Gasteiger partial charge < -0.3 is 19.4 Å². The van der Waals surface area contributed by atoms with E-state index in [1.54, 1.807) is 7.11 Å². The lowest BCUT2D eigenvalue weighted by molar-refractivity contribution is 0.0162. The molecular weight excluding hydrogens is 386 g/mol. The van der Waals surface area contributed by atoms with E-state index in [0.29, 0.717) is 19.8 Å². The van der Waals surface area contributed by atoms with Crippen molar-refractivity contribution in [1.82, 2.24) is 14.8 Å². The highest BCUT2D eigenvalue weighted by Gasteiger charge is 2.24. The summed E-state index contributed by atoms with van der Waals surface area (Å²) in [4.78, 5) is 16.1. The molecule has 1 aromatic carbocycles. The number of amides is 1. The number of methoxy groups -OCH3 is 1. The SMILES string of the molecule is COc1ccc([C@H](CNC(=O)c2sccc2-n2cccc2)N2CCOCC2)cc1. The van der Waals surface area contributed by atoms with Gasteiger partial charge in [0.2, 0.25) is 0 Å². The van der Waals surface area contributed by atoms with Crippen LogP contribution in [-0.4, -0.2) is 55.3 Å². The first kappa shape index (κ1) is 19.7. The van der Waals surface area contributed by atoms with Gasteiger partial charge >= 0.3 is 0 Å². The van der Waals surface area contributed by atoms with E-state index in [9.17, 15) is 4.79 Å². The number of thiophene rings is 1. The fourth-order valence-electron chi connectivity index (χ4n) is 3.61. The van der Waals surface area contributed by atoms with Crippen LogP contribution in [0, 0.1) is 0 Å². The number of ether oxygens (including phenoxy) is 2. The first-order valence-corrected chi connectivity index (χ1v) is 10.6. The smallest absolute Gasteiger partial charge is 0.263 e. The van der Waals surface area contributed by atoms with Crippen LogP contribution in [0.15, 0.2) is 60.2 Å². The van der Waals surface area contributed by atoms with E-state index in [4.69, 9.17) is 9.47 Å². The van der Waals surface area contributed by atoms with Crippen molar-refractivity contribution in [3.8, 4) is 11.4 Å². The molecule has 1 fully saturated rings. The van der Waals surface area contributed by atoms with Crippen molar-refractivity contribution in [1.29, 1.82) is 0 Å². The summed E-state index contributed by atoms with van der Waals surface area (Å²) in [6, 6.07) is 14.0. The third-order valence-electron chi connectivity index (χ3n) is 5.18. The van der Waals surface area contributed by atoms with Gasteiger partial charge in [0.25, 0.3) is 5.91 Å². The largest absolute Gasteiger partial charge is 0.497 e. The van der Waals surface area contributed by atoms with Crippen LogP contribution in [0.2, 0.25) is 0 Å². The zero-order valence-electron chi connectivity index (χ0n) is 16.4. The predicted molar refractivity (Wildman–Crippen MR) is 114 cm³/mol. The number of rotatable bonds is 7. The Morgan fingerprint density at radius 3 is 2.59 bits per heavy atom. The van der Waals surface area contributed by atoms with Crippen molar-refractivity contribution in [2.75, 3.05) is 40.0 Å². The zero-order valence-corrected chi connectivity index (χ0v) is 17.2. The van der Waals surface area contributed by atoms with Crippen LogP contribution < -0.4 is 10.1 Å². The lowest BCUT2D eigenvalue weighted by Gasteiger charge is -2.35. The van der Waals surface area contributed by atoms with E-state index in [2.05, 4.69) is 22.3 Å². The Bertz CT molecular complexity index is 915. The standard InChI is InChI=1S/C22H25N3O3S/c1-27-18-6-4-17(5-7-18)20(25-11-13-28-14-12-25)16-23-22(26)21-19(8-15-29-21)24-9-2-3-10-24/h2-10,15,20H,11-14,16H2,1H3,(H,23,26)/t20-/m0/s1. The van der Waals surface area contributed by atoms with Gasteiger partial charge in [-0.2, -0.15) is 0 Å². The topological polar surface area (TPSA) is 55.7 Å². The molecule has 29 heavy (non-hydrogen) atoms. The second-order valence-electron chi connectivity index (χ2n) is 6.87. The Hall–Kier alpha value is -2.61. The number of nitrogens with one attached hydrogen (secondary N) is 1. The monoisotopic (exact) mass is 411 g/mol. The van der Waals surface area contributed by atoms with Crippen molar-refractivity contribution < 1.29 is 14.3 Å². The summed E-state index contributed by atoms with van der Waals surface area (Å²) in [7, 11) is 1.66. The number of benzene rings is 1. The van der Waals surface area contributed by atoms with Crippen LogP contribution in [0.5, 0.6) is 5.75 Å². The zero-order chi connectivity index (χ0) is 20.1. The molecule has 4 rings (SSSR count). The Balaban J connectivity index is 1.50. The molecule has 3 heterocycles. The molecule has 1 amide bonds. The van der Waals surface area contributed by atoms with Crippen LogP contribution in [0.4, 0.5) is 0 Å². The summed E-state index contributed by atoms with van der Waals surface area (Å²) in [5.74, 6) is 0.781. The van der Waals surface area contributed by atoms with Gasteiger partial charge in [0.05, 0.1) is 32.1 Å². The van der Waals surface area contributed by atoms with Gasteiger partial charge in [0, 0.05) is 32.0 Å². The molecule has 0 saturated carbocycles. The van der Waals surface area contributed by atoms with E-state index in [-0.39, 0.29) is 11.9 Å². The average molecular weight is 412 g/mol. The van der Waals surface area contributed by atoms with Gasteiger partial charge in [-0.1, -0.05) is 12.1 Å². The minimum absolute atomic E-state index is 0.0459. The average Bonchev–Trinajstić information content (AvgIpc) is 3.46. The van der Waals surface area contributed by atoms with Crippen LogP contribution in [0.3, 0.4) is 0 Å². The van der Waals surface area contributed by atoms with Gasteiger partial charge in [-0.3, -0.25) is 9.69 Å². The summed E-state index contributed by atoms with van der Waals surface area (Å²) < 4.78 is 12.8. The molecule has 1 aliphatic rings. The van der Waals surface area contributed by atoms with E-state index >= 15 is 0 Å². The van der Waals surface area contributed by atoms with Crippen LogP contribution in [0.1, 0.15) is 21.3 Å². The second kappa shape index (κ2) is 9.26. The number of morpholine rings is 1. The fraction of sp³-hybridized carbons (Fsp3) is 0.318. The third kappa shape index (κ3) is 4.53. The number of hydrogen-bond acceptors (Lipinski definition) is 5. The normalized spacial score (nSPS) is 15.8. The maximum absolute atomic E-state index is 13.0. The van der Waals surface area contributed by atoms with Gasteiger partial charge in [-0.25, -0.2) is 0 Å². The van der Waals surface area contributed by atoms with Crippen molar-refractivity contribution >= 4 is 17.2 Å². The predicted octanol–water partition coefficient (Wildman–Crippen LogP) is 3.35. The van der Waals surface area contributed by atoms with Crippen molar-refractivity contribution in [3.63, 3.8) is 0 Å². The molecule has 0 radical (unpaired) electrons. The minimum Gasteiger partial charge on any atom is -0.497 e. The van der Waals surface area contributed by atoms with E-state index in [0.717, 1.165) is 35.0 Å². The molecule has 0 aliphatic carbocycles. The van der Waals surface area contributed by atoms with Gasteiger partial charge in [0.15, 0.2) is 0 Å². The number of carbonyl (C=O) groups is 1. The van der Waals surface area contributed by atoms with Gasteiger partial charge in [-0.05, 0) is 41.3 Å². The van der Waals surface area contributed by atoms with Crippen molar-refractivity contribution in [2.45, 2.75) is 6.04 Å². The first-order chi connectivity index (χ1) is 14.3. The van der Waals surface area contributed by atoms with Crippen LogP contribution >= 0.6 is 11.3 Å². The summed E-state index contributed by atoms with van der Waals surface area (Å²) in [6.45, 7) is 3.65. The summed E-state index contributed by atoms with van der Waals surface area (Å²) in [5.41, 5.74) is 2.06. The van der Waals surface area contributed by atoms with Crippen molar-refractivity contribution in [2.24, 2.45) is 0 Å². The molecule has 0 unspecified atom stereocenters. The number of aromatic nitrogens is 1. The Morgan fingerprint density at radius 2 is 1.90 bits per heavy atom. The number of carbonyl (C=O) groups excluding carboxylic acids is 1. The molecule has 2 aromatic heterocycles. The quantitative estimate of drug-likeness (QED) is 0.648. The molecule has 1 saturated heterocycles.